The maximum atomic E-state index is 11.3. The van der Waals surface area contributed by atoms with Crippen molar-refractivity contribution in [2.75, 3.05) is 11.4 Å². The van der Waals surface area contributed by atoms with Crippen molar-refractivity contribution < 1.29 is 4.79 Å². The van der Waals surface area contributed by atoms with Gasteiger partial charge in [0.15, 0.2) is 5.78 Å². The van der Waals surface area contributed by atoms with Crippen LogP contribution >= 0.6 is 15.9 Å². The Kier molecular flexibility index (Phi) is 3.79. The molecule has 0 spiro atoms. The zero-order chi connectivity index (χ0) is 12.3. The summed E-state index contributed by atoms with van der Waals surface area (Å²) in [4.78, 5) is 13.5. The van der Waals surface area contributed by atoms with E-state index in [1.165, 1.54) is 0 Å². The summed E-state index contributed by atoms with van der Waals surface area (Å²) in [6.45, 7) is 4.49. The molecule has 0 fully saturated rings. The van der Waals surface area contributed by atoms with Crippen LogP contribution in [0.15, 0.2) is 53.2 Å². The lowest BCUT2D eigenvalue weighted by Gasteiger charge is -2.25. The smallest absolute Gasteiger partial charge is 0.157 e. The summed E-state index contributed by atoms with van der Waals surface area (Å²) in [5, 5.41) is 0. The summed E-state index contributed by atoms with van der Waals surface area (Å²) in [5.41, 5.74) is 2.15. The fourth-order valence-electron chi connectivity index (χ4n) is 1.96. The highest BCUT2D eigenvalue weighted by molar-refractivity contribution is 9.10. The molecule has 0 radical (unpaired) electrons. The van der Waals surface area contributed by atoms with E-state index in [-0.39, 0.29) is 5.78 Å². The standard InChI is InChI=1S/C14H14BrNO/c1-2-9-16(11-7-8-12(17)10-11)14-6-4-3-5-13(14)15/h2-6,10H,1,7-9H2. The number of allylic oxidation sites excluding steroid dienone is 2. The Labute approximate surface area is 110 Å². The molecule has 2 nitrogen and oxygen atoms in total. The first-order valence-electron chi connectivity index (χ1n) is 5.58. The van der Waals surface area contributed by atoms with Gasteiger partial charge in [-0.2, -0.15) is 0 Å². The quantitative estimate of drug-likeness (QED) is 0.789. The number of benzene rings is 1. The van der Waals surface area contributed by atoms with Crippen molar-refractivity contribution >= 4 is 27.4 Å². The number of para-hydroxylation sites is 1. The molecule has 0 aliphatic heterocycles. The Hall–Kier alpha value is -1.35. The van der Waals surface area contributed by atoms with Crippen molar-refractivity contribution in [1.29, 1.82) is 0 Å². The Morgan fingerprint density at radius 2 is 2.12 bits per heavy atom. The summed E-state index contributed by atoms with van der Waals surface area (Å²) in [7, 11) is 0. The van der Waals surface area contributed by atoms with Crippen molar-refractivity contribution in [2.24, 2.45) is 0 Å². The van der Waals surface area contributed by atoms with Crippen LogP contribution in [0.3, 0.4) is 0 Å². The number of carbonyl (C=O) groups excluding carboxylic acids is 1. The Morgan fingerprint density at radius 1 is 1.35 bits per heavy atom. The molecule has 0 bridgehead atoms. The third-order valence-corrected chi connectivity index (χ3v) is 3.43. The van der Waals surface area contributed by atoms with Gasteiger partial charge in [-0.25, -0.2) is 0 Å². The van der Waals surface area contributed by atoms with E-state index in [2.05, 4.69) is 27.4 Å². The van der Waals surface area contributed by atoms with Gasteiger partial charge in [0, 0.05) is 29.2 Å². The van der Waals surface area contributed by atoms with Crippen LogP contribution in [0, 0.1) is 0 Å². The lowest BCUT2D eigenvalue weighted by atomic mass is 10.2. The van der Waals surface area contributed by atoms with Gasteiger partial charge >= 0.3 is 0 Å². The number of carbonyl (C=O) groups is 1. The van der Waals surface area contributed by atoms with Gasteiger partial charge in [-0.15, -0.1) is 6.58 Å². The van der Waals surface area contributed by atoms with Gasteiger partial charge in [0.05, 0.1) is 5.69 Å². The Morgan fingerprint density at radius 3 is 2.71 bits per heavy atom. The first-order chi connectivity index (χ1) is 8.22. The monoisotopic (exact) mass is 291 g/mol. The van der Waals surface area contributed by atoms with E-state index < -0.39 is 0 Å². The van der Waals surface area contributed by atoms with Crippen molar-refractivity contribution in [3.05, 3.63) is 53.2 Å². The molecule has 1 aliphatic rings. The molecule has 0 saturated heterocycles. The molecular weight excluding hydrogens is 278 g/mol. The lowest BCUT2D eigenvalue weighted by molar-refractivity contribution is -0.114. The van der Waals surface area contributed by atoms with Gasteiger partial charge in [0.2, 0.25) is 0 Å². The Bertz CT molecular complexity index is 479. The SMILES string of the molecule is C=CCN(C1=CC(=O)CC1)c1ccccc1Br. The first kappa shape index (κ1) is 12.1. The molecular formula is C14H14BrNO. The van der Waals surface area contributed by atoms with Crippen LogP contribution in [0.5, 0.6) is 0 Å². The molecule has 0 unspecified atom stereocenters. The summed E-state index contributed by atoms with van der Waals surface area (Å²) < 4.78 is 1.03. The minimum atomic E-state index is 0.209. The normalized spacial score (nSPS) is 14.6. The predicted molar refractivity (Wildman–Crippen MR) is 74.0 cm³/mol. The summed E-state index contributed by atoms with van der Waals surface area (Å²) in [6.07, 6.45) is 5.02. The molecule has 0 amide bonds. The highest BCUT2D eigenvalue weighted by atomic mass is 79.9. The summed E-state index contributed by atoms with van der Waals surface area (Å²) in [5.74, 6) is 0.209. The lowest BCUT2D eigenvalue weighted by Crippen LogP contribution is -2.21. The maximum absolute atomic E-state index is 11.3. The van der Waals surface area contributed by atoms with E-state index in [9.17, 15) is 4.79 Å². The van der Waals surface area contributed by atoms with Crippen molar-refractivity contribution in [3.8, 4) is 0 Å². The molecule has 0 atom stereocenters. The minimum absolute atomic E-state index is 0.209. The summed E-state index contributed by atoms with van der Waals surface area (Å²) in [6, 6.07) is 8.02. The second-order valence-electron chi connectivity index (χ2n) is 3.95. The van der Waals surface area contributed by atoms with E-state index >= 15 is 0 Å². The predicted octanol–water partition coefficient (Wildman–Crippen LogP) is 3.69. The van der Waals surface area contributed by atoms with Crippen molar-refractivity contribution in [3.63, 3.8) is 0 Å². The fourth-order valence-corrected chi connectivity index (χ4v) is 2.46. The van der Waals surface area contributed by atoms with Gasteiger partial charge in [-0.1, -0.05) is 18.2 Å². The van der Waals surface area contributed by atoms with E-state index in [0.717, 1.165) is 22.3 Å². The fraction of sp³-hybridized carbons (Fsp3) is 0.214. The van der Waals surface area contributed by atoms with Gasteiger partial charge in [-0.3, -0.25) is 4.79 Å². The molecule has 0 saturated carbocycles. The molecule has 0 heterocycles. The average Bonchev–Trinajstić information content (AvgIpc) is 2.74. The number of anilines is 1. The minimum Gasteiger partial charge on any atom is -0.340 e. The van der Waals surface area contributed by atoms with E-state index in [0.29, 0.717) is 13.0 Å². The number of hydrogen-bond donors (Lipinski definition) is 0. The Balaban J connectivity index is 2.36. The van der Waals surface area contributed by atoms with E-state index in [1.807, 2.05) is 30.3 Å². The molecule has 1 aliphatic carbocycles. The average molecular weight is 292 g/mol. The van der Waals surface area contributed by atoms with Crippen LogP contribution in [-0.2, 0) is 4.79 Å². The largest absolute Gasteiger partial charge is 0.340 e. The van der Waals surface area contributed by atoms with Crippen molar-refractivity contribution in [2.45, 2.75) is 12.8 Å². The zero-order valence-corrected chi connectivity index (χ0v) is 11.1. The second kappa shape index (κ2) is 5.32. The molecule has 1 aromatic rings. The third kappa shape index (κ3) is 2.67. The maximum Gasteiger partial charge on any atom is 0.157 e. The number of ketones is 1. The third-order valence-electron chi connectivity index (χ3n) is 2.76. The van der Waals surface area contributed by atoms with Crippen LogP contribution in [0.4, 0.5) is 5.69 Å². The van der Waals surface area contributed by atoms with Crippen molar-refractivity contribution in [1.82, 2.24) is 0 Å². The molecule has 3 heteroatoms. The molecule has 1 aromatic carbocycles. The van der Waals surface area contributed by atoms with Gasteiger partial charge in [-0.05, 0) is 34.5 Å². The van der Waals surface area contributed by atoms with Crippen LogP contribution in [-0.4, -0.2) is 12.3 Å². The van der Waals surface area contributed by atoms with Gasteiger partial charge < -0.3 is 4.90 Å². The van der Waals surface area contributed by atoms with Crippen LogP contribution in [0.2, 0.25) is 0 Å². The second-order valence-corrected chi connectivity index (χ2v) is 4.81. The number of halogens is 1. The van der Waals surface area contributed by atoms with Crippen LogP contribution < -0.4 is 4.90 Å². The zero-order valence-electron chi connectivity index (χ0n) is 9.53. The summed E-state index contributed by atoms with van der Waals surface area (Å²) >= 11 is 3.54. The van der Waals surface area contributed by atoms with E-state index in [4.69, 9.17) is 0 Å². The number of hydrogen-bond acceptors (Lipinski definition) is 2. The topological polar surface area (TPSA) is 20.3 Å². The molecule has 0 aromatic heterocycles. The van der Waals surface area contributed by atoms with Crippen LogP contribution in [0.25, 0.3) is 0 Å². The highest BCUT2D eigenvalue weighted by Gasteiger charge is 2.19. The van der Waals surface area contributed by atoms with Gasteiger partial charge in [0.1, 0.15) is 0 Å². The van der Waals surface area contributed by atoms with Gasteiger partial charge in [0.25, 0.3) is 0 Å². The van der Waals surface area contributed by atoms with E-state index in [1.54, 1.807) is 6.08 Å². The number of nitrogens with zero attached hydrogens (tertiary/aromatic N) is 1. The number of rotatable bonds is 4. The molecule has 0 N–H and O–H groups in total. The molecule has 17 heavy (non-hydrogen) atoms. The first-order valence-corrected chi connectivity index (χ1v) is 6.38. The molecule has 2 rings (SSSR count). The van der Waals surface area contributed by atoms with Crippen LogP contribution in [0.1, 0.15) is 12.8 Å². The highest BCUT2D eigenvalue weighted by Crippen LogP contribution is 2.31. The molecule has 88 valence electrons.